The van der Waals surface area contributed by atoms with Crippen LogP contribution < -0.4 is 0 Å². The lowest BCUT2D eigenvalue weighted by Gasteiger charge is -2.34. The summed E-state index contributed by atoms with van der Waals surface area (Å²) < 4.78 is 15.5. The maximum Gasteiger partial charge on any atom is 0.320 e. The number of fused-ring (bicyclic) bond motifs is 8. The maximum absolute atomic E-state index is 12.6. The molecule has 4 atom stereocenters. The van der Waals surface area contributed by atoms with Gasteiger partial charge in [0.2, 0.25) is 0 Å². The molecule has 0 aromatic heterocycles. The number of rotatable bonds is 2. The molecule has 1 saturated heterocycles. The van der Waals surface area contributed by atoms with Gasteiger partial charge in [-0.3, -0.25) is 14.4 Å². The number of carbonyl (C=O) groups is 3. The molecule has 2 fully saturated rings. The zero-order valence-electron chi connectivity index (χ0n) is 12.1. The van der Waals surface area contributed by atoms with Crippen molar-refractivity contribution in [1.29, 1.82) is 0 Å². The molecule has 4 rings (SSSR count). The number of benzene rings is 1. The molecule has 1 saturated carbocycles. The molecule has 2 bridgehead atoms. The quantitative estimate of drug-likeness (QED) is 0.590. The van der Waals surface area contributed by atoms with Crippen LogP contribution in [0.3, 0.4) is 0 Å². The number of hydrogen-bond acceptors (Lipinski definition) is 6. The van der Waals surface area contributed by atoms with Crippen LogP contribution >= 0.6 is 0 Å². The minimum atomic E-state index is -1.21. The van der Waals surface area contributed by atoms with Gasteiger partial charge in [-0.15, -0.1) is 0 Å². The van der Waals surface area contributed by atoms with E-state index in [0.717, 1.165) is 5.56 Å². The molecular formula is C16H14O6. The van der Waals surface area contributed by atoms with Gasteiger partial charge in [0.15, 0.2) is 0 Å². The smallest absolute Gasteiger partial charge is 0.320 e. The Balaban J connectivity index is 2.07. The van der Waals surface area contributed by atoms with Crippen molar-refractivity contribution in [3.05, 3.63) is 35.4 Å². The molecule has 1 aromatic rings. The topological polar surface area (TPSA) is 78.9 Å². The molecule has 1 heterocycles. The summed E-state index contributed by atoms with van der Waals surface area (Å²) >= 11 is 0. The third-order valence-corrected chi connectivity index (χ3v) is 5.39. The van der Waals surface area contributed by atoms with Gasteiger partial charge in [-0.2, -0.15) is 0 Å². The van der Waals surface area contributed by atoms with Gasteiger partial charge in [0.05, 0.1) is 13.0 Å². The van der Waals surface area contributed by atoms with Gasteiger partial charge >= 0.3 is 17.9 Å². The minimum Gasteiger partial charge on any atom is -0.468 e. The van der Waals surface area contributed by atoms with Crippen molar-refractivity contribution in [2.45, 2.75) is 17.4 Å². The van der Waals surface area contributed by atoms with E-state index in [1.165, 1.54) is 14.2 Å². The fourth-order valence-electron chi connectivity index (χ4n) is 4.64. The predicted octanol–water partition coefficient (Wildman–Crippen LogP) is 0.672. The largest absolute Gasteiger partial charge is 0.468 e. The molecule has 22 heavy (non-hydrogen) atoms. The highest BCUT2D eigenvalue weighted by Crippen LogP contribution is 2.68. The number of ether oxygens (including phenoxy) is 3. The summed E-state index contributed by atoms with van der Waals surface area (Å²) in [6.07, 6.45) is 0.221. The van der Waals surface area contributed by atoms with E-state index in [1.54, 1.807) is 12.1 Å². The Morgan fingerprint density at radius 1 is 1.14 bits per heavy atom. The average molecular weight is 302 g/mol. The zero-order valence-corrected chi connectivity index (χ0v) is 12.1. The summed E-state index contributed by atoms with van der Waals surface area (Å²) in [5, 5.41) is 0. The Hall–Kier alpha value is -2.21. The second kappa shape index (κ2) is 3.95. The van der Waals surface area contributed by atoms with Crippen LogP contribution in [-0.4, -0.2) is 32.1 Å². The van der Waals surface area contributed by atoms with E-state index in [2.05, 4.69) is 0 Å². The van der Waals surface area contributed by atoms with E-state index in [-0.39, 0.29) is 6.42 Å². The molecule has 114 valence electrons. The number of esters is 3. The molecule has 0 N–H and O–H groups in total. The van der Waals surface area contributed by atoms with Gasteiger partial charge in [0, 0.05) is 13.5 Å². The number of methoxy groups -OCH3 is 2. The van der Waals surface area contributed by atoms with Crippen molar-refractivity contribution >= 4 is 17.9 Å². The fourth-order valence-corrected chi connectivity index (χ4v) is 4.64. The standard InChI is InChI=1S/C16H14O6/c1-20-14(19)15-7-16(21-2,9-6-4-3-5-8(9)15)11-10(15)12(17)22-13(11)18/h3-6,10-11H,7H2,1-2H3/t10-,11-,15+,16-/m1/s1. The van der Waals surface area contributed by atoms with Gasteiger partial charge < -0.3 is 14.2 Å². The van der Waals surface area contributed by atoms with Crippen molar-refractivity contribution < 1.29 is 28.6 Å². The van der Waals surface area contributed by atoms with E-state index in [1.807, 2.05) is 12.1 Å². The Morgan fingerprint density at radius 2 is 1.77 bits per heavy atom. The first-order chi connectivity index (χ1) is 10.5. The molecule has 1 aliphatic heterocycles. The third-order valence-electron chi connectivity index (χ3n) is 5.39. The monoisotopic (exact) mass is 302 g/mol. The number of hydrogen-bond donors (Lipinski definition) is 0. The minimum absolute atomic E-state index is 0.221. The van der Waals surface area contributed by atoms with Crippen molar-refractivity contribution in [2.75, 3.05) is 14.2 Å². The van der Waals surface area contributed by atoms with Crippen molar-refractivity contribution in [1.82, 2.24) is 0 Å². The van der Waals surface area contributed by atoms with Gasteiger partial charge in [-0.25, -0.2) is 0 Å². The van der Waals surface area contributed by atoms with Gasteiger partial charge in [-0.05, 0) is 11.1 Å². The van der Waals surface area contributed by atoms with Crippen LogP contribution in [0.25, 0.3) is 0 Å². The average Bonchev–Trinajstić information content (AvgIpc) is 3.13. The molecule has 0 unspecified atom stereocenters. The molecule has 0 amide bonds. The van der Waals surface area contributed by atoms with Gasteiger partial charge in [0.25, 0.3) is 0 Å². The van der Waals surface area contributed by atoms with E-state index >= 15 is 0 Å². The SMILES string of the molecule is COC(=O)[C@@]12C[C@@](OC)(c3ccccc31)[C@H]1C(=O)OC(=O)[C@@H]12. The van der Waals surface area contributed by atoms with Crippen LogP contribution in [0.1, 0.15) is 17.5 Å². The highest BCUT2D eigenvalue weighted by Gasteiger charge is 2.79. The van der Waals surface area contributed by atoms with Crippen LogP contribution in [-0.2, 0) is 39.6 Å². The van der Waals surface area contributed by atoms with Gasteiger partial charge in [0.1, 0.15) is 16.9 Å². The lowest BCUT2D eigenvalue weighted by atomic mass is 9.67. The second-order valence-corrected chi connectivity index (χ2v) is 5.97. The molecule has 3 aliphatic rings. The molecule has 6 nitrogen and oxygen atoms in total. The normalized spacial score (nSPS) is 37.7. The van der Waals surface area contributed by atoms with E-state index in [4.69, 9.17) is 14.2 Å². The Bertz CT molecular complexity index is 725. The molecule has 0 radical (unpaired) electrons. The summed E-state index contributed by atoms with van der Waals surface area (Å²) in [5.41, 5.74) is -0.777. The first-order valence-corrected chi connectivity index (χ1v) is 7.02. The lowest BCUT2D eigenvalue weighted by molar-refractivity contribution is -0.161. The summed E-state index contributed by atoms with van der Waals surface area (Å²) in [7, 11) is 2.77. The van der Waals surface area contributed by atoms with Gasteiger partial charge in [-0.1, -0.05) is 24.3 Å². The molecule has 6 heteroatoms. The Kier molecular flexibility index (Phi) is 2.42. The van der Waals surface area contributed by atoms with E-state index in [0.29, 0.717) is 5.56 Å². The van der Waals surface area contributed by atoms with E-state index < -0.39 is 40.8 Å². The highest BCUT2D eigenvalue weighted by atomic mass is 16.6. The van der Waals surface area contributed by atoms with Crippen LogP contribution in [0, 0.1) is 11.8 Å². The lowest BCUT2D eigenvalue weighted by Crippen LogP contribution is -2.46. The summed E-state index contributed by atoms with van der Waals surface area (Å²) in [5.74, 6) is -3.52. The number of carbonyl (C=O) groups excluding carboxylic acids is 3. The fraction of sp³-hybridized carbons (Fsp3) is 0.438. The van der Waals surface area contributed by atoms with Crippen molar-refractivity contribution in [3.63, 3.8) is 0 Å². The number of cyclic esters (lactones) is 2. The second-order valence-electron chi connectivity index (χ2n) is 5.97. The Morgan fingerprint density at radius 3 is 2.41 bits per heavy atom. The van der Waals surface area contributed by atoms with Crippen LogP contribution in [0.15, 0.2) is 24.3 Å². The van der Waals surface area contributed by atoms with Crippen LogP contribution in [0.2, 0.25) is 0 Å². The maximum atomic E-state index is 12.6. The summed E-state index contributed by atoms with van der Waals surface area (Å²) in [4.78, 5) is 37.1. The van der Waals surface area contributed by atoms with Crippen LogP contribution in [0.4, 0.5) is 0 Å². The highest BCUT2D eigenvalue weighted by molar-refractivity contribution is 6.05. The molecule has 2 aliphatic carbocycles. The summed E-state index contributed by atoms with van der Waals surface area (Å²) in [6.45, 7) is 0. The Labute approximate surface area is 126 Å². The molecule has 0 spiro atoms. The zero-order chi connectivity index (χ0) is 15.7. The van der Waals surface area contributed by atoms with Crippen LogP contribution in [0.5, 0.6) is 0 Å². The van der Waals surface area contributed by atoms with E-state index in [9.17, 15) is 14.4 Å². The van der Waals surface area contributed by atoms with Crippen molar-refractivity contribution in [3.8, 4) is 0 Å². The molecular weight excluding hydrogens is 288 g/mol. The first-order valence-electron chi connectivity index (χ1n) is 7.02. The van der Waals surface area contributed by atoms with Crippen molar-refractivity contribution in [2.24, 2.45) is 11.8 Å². The third kappa shape index (κ3) is 1.16. The molecule has 1 aromatic carbocycles. The predicted molar refractivity (Wildman–Crippen MR) is 71.5 cm³/mol. The first kappa shape index (κ1) is 13.5. The summed E-state index contributed by atoms with van der Waals surface area (Å²) in [6, 6.07) is 7.24.